The Hall–Kier alpha value is -3.15. The number of hydrogen-bond acceptors (Lipinski definition) is 4. The van der Waals surface area contributed by atoms with Crippen LogP contribution in [0, 0.1) is 5.92 Å². The molecule has 1 atom stereocenters. The Kier molecular flexibility index (Phi) is 5.86. The van der Waals surface area contributed by atoms with E-state index in [1.165, 1.54) is 7.11 Å². The number of ether oxygens (including phenoxy) is 1. The number of anilines is 1. The molecule has 0 bridgehead atoms. The molecule has 6 nitrogen and oxygen atoms in total. The highest BCUT2D eigenvalue weighted by atomic mass is 16.5. The third kappa shape index (κ3) is 4.53. The van der Waals surface area contributed by atoms with Crippen molar-refractivity contribution in [3.63, 3.8) is 0 Å². The molecule has 1 aliphatic rings. The number of hydrogen-bond donors (Lipinski definition) is 1. The maximum Gasteiger partial charge on any atom is 0.337 e. The van der Waals surface area contributed by atoms with Crippen molar-refractivity contribution < 1.29 is 19.1 Å². The molecule has 1 fully saturated rings. The van der Waals surface area contributed by atoms with Crippen molar-refractivity contribution in [1.82, 2.24) is 5.32 Å². The standard InChI is InChI=1S/C21H22N2O4/c1-27-21(26)16-7-9-18(10-8-16)23-14-17(13-19(23)24)20(25)22-12-11-15-5-3-2-4-6-15/h2-10,17H,11-14H2,1H3,(H,22,25). The monoisotopic (exact) mass is 366 g/mol. The predicted octanol–water partition coefficient (Wildman–Crippen LogP) is 2.18. The van der Waals surface area contributed by atoms with E-state index in [9.17, 15) is 14.4 Å². The highest BCUT2D eigenvalue weighted by Crippen LogP contribution is 2.25. The van der Waals surface area contributed by atoms with E-state index >= 15 is 0 Å². The number of nitrogens with zero attached hydrogens (tertiary/aromatic N) is 1. The summed E-state index contributed by atoms with van der Waals surface area (Å²) in [5.74, 6) is -0.990. The average molecular weight is 366 g/mol. The maximum absolute atomic E-state index is 12.4. The van der Waals surface area contributed by atoms with Gasteiger partial charge in [0.1, 0.15) is 0 Å². The van der Waals surface area contributed by atoms with Crippen LogP contribution < -0.4 is 10.2 Å². The van der Waals surface area contributed by atoms with Crippen molar-refractivity contribution >= 4 is 23.5 Å². The predicted molar refractivity (Wildman–Crippen MR) is 101 cm³/mol. The number of carbonyl (C=O) groups is 3. The topological polar surface area (TPSA) is 75.7 Å². The van der Waals surface area contributed by atoms with E-state index in [0.29, 0.717) is 24.3 Å². The van der Waals surface area contributed by atoms with Gasteiger partial charge in [-0.15, -0.1) is 0 Å². The second-order valence-corrected chi connectivity index (χ2v) is 6.47. The van der Waals surface area contributed by atoms with Crippen molar-refractivity contribution in [2.75, 3.05) is 25.1 Å². The molecule has 140 valence electrons. The fourth-order valence-electron chi connectivity index (χ4n) is 3.15. The minimum Gasteiger partial charge on any atom is -0.465 e. The van der Waals surface area contributed by atoms with Crippen LogP contribution in [0.15, 0.2) is 54.6 Å². The lowest BCUT2D eigenvalue weighted by Gasteiger charge is -2.17. The van der Waals surface area contributed by atoms with Gasteiger partial charge < -0.3 is 15.0 Å². The first-order valence-corrected chi connectivity index (χ1v) is 8.89. The summed E-state index contributed by atoms with van der Waals surface area (Å²) < 4.78 is 4.67. The normalized spacial score (nSPS) is 16.3. The van der Waals surface area contributed by atoms with Gasteiger partial charge in [0.15, 0.2) is 0 Å². The molecule has 1 heterocycles. The molecule has 2 aromatic carbocycles. The van der Waals surface area contributed by atoms with E-state index in [0.717, 1.165) is 12.0 Å². The summed E-state index contributed by atoms with van der Waals surface area (Å²) in [7, 11) is 1.32. The molecule has 6 heteroatoms. The maximum atomic E-state index is 12.4. The molecule has 3 rings (SSSR count). The van der Waals surface area contributed by atoms with Crippen LogP contribution in [0.25, 0.3) is 0 Å². The number of carbonyl (C=O) groups excluding carboxylic acids is 3. The van der Waals surface area contributed by atoms with Gasteiger partial charge in [-0.3, -0.25) is 9.59 Å². The lowest BCUT2D eigenvalue weighted by Crippen LogP contribution is -2.34. The minimum absolute atomic E-state index is 0.0935. The van der Waals surface area contributed by atoms with Gasteiger partial charge in [-0.05, 0) is 36.2 Å². The first kappa shape index (κ1) is 18.6. The SMILES string of the molecule is COC(=O)c1ccc(N2CC(C(=O)NCCc3ccccc3)CC2=O)cc1. The summed E-state index contributed by atoms with van der Waals surface area (Å²) in [6.07, 6.45) is 0.946. The molecule has 27 heavy (non-hydrogen) atoms. The van der Waals surface area contributed by atoms with Crippen LogP contribution in [0.5, 0.6) is 0 Å². The molecule has 1 unspecified atom stereocenters. The second-order valence-electron chi connectivity index (χ2n) is 6.47. The molecule has 1 saturated heterocycles. The van der Waals surface area contributed by atoms with Gasteiger partial charge in [-0.2, -0.15) is 0 Å². The van der Waals surface area contributed by atoms with Crippen LogP contribution in [-0.2, 0) is 20.7 Å². The second kappa shape index (κ2) is 8.49. The quantitative estimate of drug-likeness (QED) is 0.795. The summed E-state index contributed by atoms with van der Waals surface area (Å²) in [6, 6.07) is 16.5. The van der Waals surface area contributed by atoms with Gasteiger partial charge in [-0.25, -0.2) is 4.79 Å². The molecular formula is C21H22N2O4. The lowest BCUT2D eigenvalue weighted by atomic mass is 10.1. The Bertz CT molecular complexity index is 818. The molecule has 0 aliphatic carbocycles. The molecule has 0 radical (unpaired) electrons. The van der Waals surface area contributed by atoms with Gasteiger partial charge in [0.2, 0.25) is 11.8 Å². The summed E-state index contributed by atoms with van der Waals surface area (Å²) in [5.41, 5.74) is 2.25. The largest absolute Gasteiger partial charge is 0.465 e. The van der Waals surface area contributed by atoms with Crippen molar-refractivity contribution in [2.45, 2.75) is 12.8 Å². The molecule has 1 N–H and O–H groups in total. The Morgan fingerprint density at radius 3 is 2.48 bits per heavy atom. The summed E-state index contributed by atoms with van der Waals surface area (Å²) >= 11 is 0. The van der Waals surface area contributed by atoms with E-state index < -0.39 is 5.97 Å². The number of methoxy groups -OCH3 is 1. The van der Waals surface area contributed by atoms with E-state index in [1.54, 1.807) is 29.2 Å². The lowest BCUT2D eigenvalue weighted by molar-refractivity contribution is -0.126. The third-order valence-electron chi connectivity index (χ3n) is 4.65. The van der Waals surface area contributed by atoms with E-state index in [4.69, 9.17) is 0 Å². The van der Waals surface area contributed by atoms with Crippen LogP contribution in [-0.4, -0.2) is 38.0 Å². The van der Waals surface area contributed by atoms with Crippen molar-refractivity contribution in [1.29, 1.82) is 0 Å². The Balaban J connectivity index is 1.55. The summed E-state index contributed by atoms with van der Waals surface area (Å²) in [6.45, 7) is 0.884. The van der Waals surface area contributed by atoms with Gasteiger partial charge >= 0.3 is 5.97 Å². The molecule has 0 saturated carbocycles. The fourth-order valence-corrected chi connectivity index (χ4v) is 3.15. The highest BCUT2D eigenvalue weighted by Gasteiger charge is 2.35. The van der Waals surface area contributed by atoms with Crippen molar-refractivity contribution in [3.05, 3.63) is 65.7 Å². The molecule has 2 amide bonds. The Morgan fingerprint density at radius 2 is 1.81 bits per heavy atom. The third-order valence-corrected chi connectivity index (χ3v) is 4.65. The number of rotatable bonds is 6. The number of esters is 1. The molecule has 1 aliphatic heterocycles. The number of nitrogens with one attached hydrogen (secondary N) is 1. The van der Waals surface area contributed by atoms with E-state index in [2.05, 4.69) is 10.1 Å². The summed E-state index contributed by atoms with van der Waals surface area (Å²) in [4.78, 5) is 37.8. The van der Waals surface area contributed by atoms with Crippen molar-refractivity contribution in [2.24, 2.45) is 5.92 Å². The number of amides is 2. The zero-order chi connectivity index (χ0) is 19.2. The van der Waals surface area contributed by atoms with Crippen LogP contribution in [0.3, 0.4) is 0 Å². The van der Waals surface area contributed by atoms with Crippen LogP contribution in [0.1, 0.15) is 22.3 Å². The first-order valence-electron chi connectivity index (χ1n) is 8.89. The van der Waals surface area contributed by atoms with E-state index in [-0.39, 0.29) is 24.2 Å². The minimum atomic E-state index is -0.426. The fraction of sp³-hybridized carbons (Fsp3) is 0.286. The van der Waals surface area contributed by atoms with Gasteiger partial charge in [-0.1, -0.05) is 30.3 Å². The number of benzene rings is 2. The summed E-state index contributed by atoms with van der Waals surface area (Å²) in [5, 5.41) is 2.92. The van der Waals surface area contributed by atoms with Crippen molar-refractivity contribution in [3.8, 4) is 0 Å². The van der Waals surface area contributed by atoms with Crippen LogP contribution in [0.4, 0.5) is 5.69 Å². The average Bonchev–Trinajstić information content (AvgIpc) is 3.10. The Labute approximate surface area is 158 Å². The smallest absolute Gasteiger partial charge is 0.337 e. The molecule has 0 aromatic heterocycles. The van der Waals surface area contributed by atoms with Gasteiger partial charge in [0.05, 0.1) is 18.6 Å². The molecular weight excluding hydrogens is 344 g/mol. The van der Waals surface area contributed by atoms with E-state index in [1.807, 2.05) is 30.3 Å². The van der Waals surface area contributed by atoms with Crippen LogP contribution in [0.2, 0.25) is 0 Å². The molecule has 0 spiro atoms. The zero-order valence-corrected chi connectivity index (χ0v) is 15.2. The first-order chi connectivity index (χ1) is 13.1. The van der Waals surface area contributed by atoms with Gasteiger partial charge in [0, 0.05) is 25.2 Å². The van der Waals surface area contributed by atoms with Crippen LogP contribution >= 0.6 is 0 Å². The van der Waals surface area contributed by atoms with Gasteiger partial charge in [0.25, 0.3) is 0 Å². The Morgan fingerprint density at radius 1 is 1.11 bits per heavy atom. The highest BCUT2D eigenvalue weighted by molar-refractivity contribution is 6.00. The molecule has 2 aromatic rings. The zero-order valence-electron chi connectivity index (χ0n) is 15.2.